The molecule has 0 radical (unpaired) electrons. The van der Waals surface area contributed by atoms with E-state index in [9.17, 15) is 26.3 Å². The van der Waals surface area contributed by atoms with Gasteiger partial charge in [-0.1, -0.05) is 25.1 Å². The van der Waals surface area contributed by atoms with Crippen molar-refractivity contribution >= 4 is 0 Å². The average Bonchev–Trinajstić information content (AvgIpc) is 2.79. The number of halogens is 6. The number of fused-ring (bicyclic) bond motifs is 1. The minimum absolute atomic E-state index is 0.0522. The summed E-state index contributed by atoms with van der Waals surface area (Å²) in [5.74, 6) is -0.261. The summed E-state index contributed by atoms with van der Waals surface area (Å²) in [7, 11) is 0. The normalized spacial score (nSPS) is 18.2. The predicted molar refractivity (Wildman–Crippen MR) is 88.9 cm³/mol. The first-order valence-electron chi connectivity index (χ1n) is 8.50. The van der Waals surface area contributed by atoms with Crippen LogP contribution < -0.4 is 9.47 Å². The van der Waals surface area contributed by atoms with Crippen LogP contribution in [0.1, 0.15) is 29.7 Å². The SMILES string of the molecule is CCN1Cc2c(cccc2C(F)(F)F)OC(c2ccc(OC(F)(F)F)cc2)C1. The van der Waals surface area contributed by atoms with Crippen molar-refractivity contribution < 1.29 is 35.8 Å². The fraction of sp³-hybridized carbons (Fsp3) is 0.368. The van der Waals surface area contributed by atoms with E-state index in [2.05, 4.69) is 4.74 Å². The summed E-state index contributed by atoms with van der Waals surface area (Å²) in [6.07, 6.45) is -9.94. The Morgan fingerprint density at radius 1 is 1.04 bits per heavy atom. The Bertz CT molecular complexity index is 817. The van der Waals surface area contributed by atoms with E-state index < -0.39 is 24.2 Å². The second-order valence-corrected chi connectivity index (χ2v) is 6.33. The molecule has 0 spiro atoms. The molecule has 0 saturated heterocycles. The molecule has 0 saturated carbocycles. The molecule has 1 unspecified atom stereocenters. The zero-order chi connectivity index (χ0) is 20.5. The highest BCUT2D eigenvalue weighted by molar-refractivity contribution is 5.43. The lowest BCUT2D eigenvalue weighted by atomic mass is 10.1. The van der Waals surface area contributed by atoms with Gasteiger partial charge in [-0.15, -0.1) is 13.2 Å². The predicted octanol–water partition coefficient (Wildman–Crippen LogP) is 5.56. The number of ether oxygens (including phenoxy) is 2. The number of benzene rings is 2. The zero-order valence-electron chi connectivity index (χ0n) is 14.8. The molecule has 1 aliphatic heterocycles. The molecule has 0 fully saturated rings. The number of hydrogen-bond donors (Lipinski definition) is 0. The maximum Gasteiger partial charge on any atom is 0.573 e. The van der Waals surface area contributed by atoms with Gasteiger partial charge in [-0.05, 0) is 36.4 Å². The molecule has 152 valence electrons. The molecule has 0 aliphatic carbocycles. The van der Waals surface area contributed by atoms with Gasteiger partial charge >= 0.3 is 12.5 Å². The van der Waals surface area contributed by atoms with E-state index in [0.717, 1.165) is 18.2 Å². The Hall–Kier alpha value is -2.42. The van der Waals surface area contributed by atoms with Gasteiger partial charge < -0.3 is 9.47 Å². The lowest BCUT2D eigenvalue weighted by molar-refractivity contribution is -0.274. The molecule has 3 nitrogen and oxygen atoms in total. The molecule has 9 heteroatoms. The van der Waals surface area contributed by atoms with Gasteiger partial charge in [0.1, 0.15) is 17.6 Å². The first-order valence-corrected chi connectivity index (χ1v) is 8.50. The minimum Gasteiger partial charge on any atom is -0.484 e. The van der Waals surface area contributed by atoms with E-state index in [1.807, 2.05) is 6.92 Å². The summed E-state index contributed by atoms with van der Waals surface area (Å²) >= 11 is 0. The van der Waals surface area contributed by atoms with E-state index in [1.165, 1.54) is 24.3 Å². The molecule has 3 rings (SSSR count). The van der Waals surface area contributed by atoms with Crippen molar-refractivity contribution in [3.05, 3.63) is 59.2 Å². The molecule has 2 aromatic rings. The van der Waals surface area contributed by atoms with Crippen molar-refractivity contribution in [3.63, 3.8) is 0 Å². The van der Waals surface area contributed by atoms with Gasteiger partial charge in [0, 0.05) is 18.7 Å². The number of rotatable bonds is 3. The fourth-order valence-corrected chi connectivity index (χ4v) is 3.12. The van der Waals surface area contributed by atoms with Crippen LogP contribution in [0.15, 0.2) is 42.5 Å². The third-order valence-corrected chi connectivity index (χ3v) is 4.45. The monoisotopic (exact) mass is 405 g/mol. The maximum atomic E-state index is 13.4. The summed E-state index contributed by atoms with van der Waals surface area (Å²) in [5, 5.41) is 0. The highest BCUT2D eigenvalue weighted by atomic mass is 19.4. The molecule has 2 aromatic carbocycles. The summed E-state index contributed by atoms with van der Waals surface area (Å²) in [6.45, 7) is 2.66. The lowest BCUT2D eigenvalue weighted by Gasteiger charge is -2.23. The number of likely N-dealkylation sites (N-methyl/N-ethyl adjacent to an activating group) is 1. The van der Waals surface area contributed by atoms with Crippen molar-refractivity contribution in [1.82, 2.24) is 4.90 Å². The highest BCUT2D eigenvalue weighted by Crippen LogP contribution is 2.40. The Labute approximate surface area is 157 Å². The van der Waals surface area contributed by atoms with Crippen LogP contribution in [0.5, 0.6) is 11.5 Å². The summed E-state index contributed by atoms with van der Waals surface area (Å²) < 4.78 is 86.7. The van der Waals surface area contributed by atoms with E-state index in [4.69, 9.17) is 4.74 Å². The van der Waals surface area contributed by atoms with Crippen LogP contribution >= 0.6 is 0 Å². The number of alkyl halides is 6. The van der Waals surface area contributed by atoms with Crippen LogP contribution in [-0.4, -0.2) is 24.4 Å². The third-order valence-electron chi connectivity index (χ3n) is 4.45. The molecule has 1 aliphatic rings. The maximum absolute atomic E-state index is 13.4. The van der Waals surface area contributed by atoms with E-state index in [-0.39, 0.29) is 23.6 Å². The van der Waals surface area contributed by atoms with Crippen molar-refractivity contribution in [2.75, 3.05) is 13.1 Å². The number of hydrogen-bond acceptors (Lipinski definition) is 3. The van der Waals surface area contributed by atoms with Crippen molar-refractivity contribution in [2.45, 2.75) is 32.1 Å². The quantitative estimate of drug-likeness (QED) is 0.624. The third kappa shape index (κ3) is 4.70. The van der Waals surface area contributed by atoms with E-state index in [0.29, 0.717) is 18.7 Å². The summed E-state index contributed by atoms with van der Waals surface area (Å²) in [5.41, 5.74) is -0.160. The van der Waals surface area contributed by atoms with Gasteiger partial charge in [0.15, 0.2) is 0 Å². The first-order chi connectivity index (χ1) is 13.1. The topological polar surface area (TPSA) is 21.7 Å². The van der Waals surface area contributed by atoms with Crippen LogP contribution in [0.2, 0.25) is 0 Å². The molecule has 0 N–H and O–H groups in total. The van der Waals surface area contributed by atoms with Gasteiger partial charge in [0.05, 0.1) is 5.56 Å². The second-order valence-electron chi connectivity index (χ2n) is 6.33. The van der Waals surface area contributed by atoms with Crippen molar-refractivity contribution in [1.29, 1.82) is 0 Å². The fourth-order valence-electron chi connectivity index (χ4n) is 3.12. The smallest absolute Gasteiger partial charge is 0.484 e. The Morgan fingerprint density at radius 2 is 1.71 bits per heavy atom. The van der Waals surface area contributed by atoms with Crippen LogP contribution in [0.4, 0.5) is 26.3 Å². The summed E-state index contributed by atoms with van der Waals surface area (Å²) in [6, 6.07) is 8.90. The first kappa shape index (κ1) is 20.3. The van der Waals surface area contributed by atoms with Crippen LogP contribution in [0.25, 0.3) is 0 Å². The van der Waals surface area contributed by atoms with Crippen molar-refractivity contribution in [3.8, 4) is 11.5 Å². The zero-order valence-corrected chi connectivity index (χ0v) is 14.8. The van der Waals surface area contributed by atoms with Crippen LogP contribution in [-0.2, 0) is 12.7 Å². The minimum atomic E-state index is -4.80. The standard InChI is InChI=1S/C19H17F6NO2/c1-2-26-10-14-15(18(20,21)22)4-3-5-16(14)27-17(11-26)12-6-8-13(9-7-12)28-19(23,24)25/h3-9,17H,2,10-11H2,1H3. The van der Waals surface area contributed by atoms with Gasteiger partial charge in [-0.2, -0.15) is 13.2 Å². The van der Waals surface area contributed by atoms with E-state index >= 15 is 0 Å². The average molecular weight is 405 g/mol. The molecule has 1 heterocycles. The molecule has 28 heavy (non-hydrogen) atoms. The van der Waals surface area contributed by atoms with Gasteiger partial charge in [-0.3, -0.25) is 4.90 Å². The molecule has 0 aromatic heterocycles. The lowest BCUT2D eigenvalue weighted by Crippen LogP contribution is -2.28. The molecular formula is C19H17F6NO2. The van der Waals surface area contributed by atoms with Crippen molar-refractivity contribution in [2.24, 2.45) is 0 Å². The van der Waals surface area contributed by atoms with E-state index in [1.54, 1.807) is 4.90 Å². The van der Waals surface area contributed by atoms with Gasteiger partial charge in [0.25, 0.3) is 0 Å². The molecule has 0 amide bonds. The van der Waals surface area contributed by atoms with Crippen LogP contribution in [0.3, 0.4) is 0 Å². The Kier molecular flexibility index (Phi) is 5.47. The largest absolute Gasteiger partial charge is 0.573 e. The number of nitrogens with zero attached hydrogens (tertiary/aromatic N) is 1. The molecular weight excluding hydrogens is 388 g/mol. The Balaban J connectivity index is 1.92. The summed E-state index contributed by atoms with van der Waals surface area (Å²) in [4.78, 5) is 1.80. The molecule has 0 bridgehead atoms. The van der Waals surface area contributed by atoms with Gasteiger partial charge in [0.2, 0.25) is 0 Å². The highest BCUT2D eigenvalue weighted by Gasteiger charge is 2.37. The van der Waals surface area contributed by atoms with Gasteiger partial charge in [-0.25, -0.2) is 0 Å². The Morgan fingerprint density at radius 3 is 2.29 bits per heavy atom. The molecule has 1 atom stereocenters. The second kappa shape index (κ2) is 7.54. The van der Waals surface area contributed by atoms with Crippen LogP contribution in [0, 0.1) is 0 Å².